The molecule has 2 unspecified atom stereocenters. The Bertz CT molecular complexity index is 935. The molecule has 1 N–H and O–H groups in total. The lowest BCUT2D eigenvalue weighted by atomic mass is 10.0. The van der Waals surface area contributed by atoms with Crippen LogP contribution >= 0.6 is 0 Å². The van der Waals surface area contributed by atoms with Crippen LogP contribution in [0.2, 0.25) is 0 Å². The average Bonchev–Trinajstić information content (AvgIpc) is 2.91. The van der Waals surface area contributed by atoms with E-state index in [1.807, 2.05) is 27.7 Å². The predicted octanol–water partition coefficient (Wildman–Crippen LogP) is 5.36. The number of unbranched alkanes of at least 4 members (excludes halogenated alkanes) is 2. The van der Waals surface area contributed by atoms with Crippen LogP contribution in [0.1, 0.15) is 78.7 Å². The Morgan fingerprint density at radius 2 is 1.48 bits per heavy atom. The first-order chi connectivity index (χ1) is 19.1. The van der Waals surface area contributed by atoms with E-state index in [9.17, 15) is 19.2 Å². The minimum absolute atomic E-state index is 0.0397. The highest BCUT2D eigenvalue weighted by Gasteiger charge is 2.23. The minimum atomic E-state index is -0.953. The van der Waals surface area contributed by atoms with Crippen LogP contribution < -0.4 is 14.8 Å². The number of hydrogen-bond donors (Lipinski definition) is 1. The Morgan fingerprint density at radius 3 is 2.02 bits per heavy atom. The van der Waals surface area contributed by atoms with Gasteiger partial charge in [-0.15, -0.1) is 0 Å². The second-order valence-electron chi connectivity index (χ2n) is 9.60. The van der Waals surface area contributed by atoms with E-state index < -0.39 is 30.4 Å². The first-order valence-corrected chi connectivity index (χ1v) is 14.0. The van der Waals surface area contributed by atoms with Crippen LogP contribution in [0.5, 0.6) is 11.5 Å². The van der Waals surface area contributed by atoms with E-state index in [0.29, 0.717) is 24.8 Å². The maximum atomic E-state index is 12.5. The van der Waals surface area contributed by atoms with Crippen molar-refractivity contribution in [3.05, 3.63) is 23.8 Å². The van der Waals surface area contributed by atoms with Crippen molar-refractivity contribution in [3.8, 4) is 11.5 Å². The Labute approximate surface area is 237 Å². The maximum absolute atomic E-state index is 12.5. The number of ether oxygens (including phenoxy) is 6. The third kappa shape index (κ3) is 14.2. The summed E-state index contributed by atoms with van der Waals surface area (Å²) in [5.74, 6) is -0.709. The highest BCUT2D eigenvalue weighted by atomic mass is 16.7. The number of carbonyl (C=O) groups is 4. The number of hydrogen-bond acceptors (Lipinski definition) is 11. The molecule has 40 heavy (non-hydrogen) atoms. The lowest BCUT2D eigenvalue weighted by molar-refractivity contribution is -0.149. The third-order valence-electron chi connectivity index (χ3n) is 5.95. The van der Waals surface area contributed by atoms with Crippen molar-refractivity contribution in [1.29, 1.82) is 0 Å². The molecule has 0 radical (unpaired) electrons. The van der Waals surface area contributed by atoms with Gasteiger partial charge in [0.1, 0.15) is 12.1 Å². The number of carbonyl (C=O) groups excluding carboxylic acids is 4. The molecule has 0 aliphatic heterocycles. The summed E-state index contributed by atoms with van der Waals surface area (Å²) < 4.78 is 31.1. The monoisotopic (exact) mass is 567 g/mol. The van der Waals surface area contributed by atoms with E-state index in [-0.39, 0.29) is 49.6 Å². The first-order valence-electron chi connectivity index (χ1n) is 14.0. The van der Waals surface area contributed by atoms with E-state index >= 15 is 0 Å². The molecule has 0 bridgehead atoms. The standard InChI is InChI=1S/C29H45NO10/c1-7-10-14-36-28(33)39-24-13-12-22(18-25(24)40-29(34)37-15-11-8-2)17-23(27(32)35-6)30-19-21(5)38-26(31)16-20(4)9-3/h12-13,18,20-21,23,30H,7-11,14-17,19H2,1-6H3/t20?,21?,23-/m0/s1. The van der Waals surface area contributed by atoms with Crippen LogP contribution in [0.3, 0.4) is 0 Å². The van der Waals surface area contributed by atoms with E-state index in [4.69, 9.17) is 28.4 Å². The summed E-state index contributed by atoms with van der Waals surface area (Å²) in [5.41, 5.74) is 0.576. The highest BCUT2D eigenvalue weighted by Crippen LogP contribution is 2.30. The van der Waals surface area contributed by atoms with Crippen LogP contribution in [0.4, 0.5) is 9.59 Å². The molecule has 1 aromatic rings. The zero-order valence-electron chi connectivity index (χ0n) is 24.6. The fraction of sp³-hybridized carbons (Fsp3) is 0.655. The van der Waals surface area contributed by atoms with E-state index in [2.05, 4.69) is 5.32 Å². The van der Waals surface area contributed by atoms with Gasteiger partial charge in [-0.2, -0.15) is 0 Å². The van der Waals surface area contributed by atoms with Crippen LogP contribution in [-0.2, 0) is 35.0 Å². The van der Waals surface area contributed by atoms with Gasteiger partial charge in [-0.25, -0.2) is 9.59 Å². The van der Waals surface area contributed by atoms with Crippen molar-refractivity contribution in [2.24, 2.45) is 5.92 Å². The van der Waals surface area contributed by atoms with Crippen molar-refractivity contribution in [1.82, 2.24) is 5.32 Å². The minimum Gasteiger partial charge on any atom is -0.468 e. The summed E-state index contributed by atoms with van der Waals surface area (Å²) in [6.07, 6.45) is 2.00. The maximum Gasteiger partial charge on any atom is 0.513 e. The number of methoxy groups -OCH3 is 1. The quantitative estimate of drug-likeness (QED) is 0.106. The summed E-state index contributed by atoms with van der Waals surface area (Å²) in [5, 5.41) is 3.07. The second-order valence-corrected chi connectivity index (χ2v) is 9.60. The molecule has 0 fully saturated rings. The van der Waals surface area contributed by atoms with Gasteiger partial charge in [-0.05, 0) is 49.8 Å². The topological polar surface area (TPSA) is 136 Å². The van der Waals surface area contributed by atoms with Crippen molar-refractivity contribution in [3.63, 3.8) is 0 Å². The lowest BCUT2D eigenvalue weighted by Crippen LogP contribution is -2.43. The smallest absolute Gasteiger partial charge is 0.468 e. The molecule has 1 aromatic carbocycles. The first kappa shape index (κ1) is 34.7. The molecule has 1 rings (SSSR count). The molecule has 0 aliphatic rings. The van der Waals surface area contributed by atoms with Crippen molar-refractivity contribution >= 4 is 24.2 Å². The summed E-state index contributed by atoms with van der Waals surface area (Å²) in [6.45, 7) is 10.2. The van der Waals surface area contributed by atoms with Gasteiger partial charge < -0.3 is 33.7 Å². The second kappa shape index (κ2) is 19.7. The Balaban J connectivity index is 2.99. The third-order valence-corrected chi connectivity index (χ3v) is 5.95. The number of esters is 2. The van der Waals surface area contributed by atoms with Crippen LogP contribution in [0.15, 0.2) is 18.2 Å². The number of nitrogens with one attached hydrogen (secondary N) is 1. The van der Waals surface area contributed by atoms with Crippen molar-refractivity contribution < 1.29 is 47.6 Å². The summed E-state index contributed by atoms with van der Waals surface area (Å²) in [6, 6.07) is 3.74. The summed E-state index contributed by atoms with van der Waals surface area (Å²) in [7, 11) is 1.27. The number of rotatable bonds is 18. The molecule has 3 atom stereocenters. The van der Waals surface area contributed by atoms with Gasteiger partial charge >= 0.3 is 24.2 Å². The van der Waals surface area contributed by atoms with Crippen LogP contribution in [0.25, 0.3) is 0 Å². The molecule has 0 heterocycles. The molecule has 226 valence electrons. The molecule has 0 aromatic heterocycles. The Kier molecular flexibility index (Phi) is 17.1. The van der Waals surface area contributed by atoms with Gasteiger partial charge in [-0.1, -0.05) is 53.0 Å². The van der Waals surface area contributed by atoms with Crippen LogP contribution in [-0.4, -0.2) is 63.3 Å². The Hall–Kier alpha value is -3.34. The van der Waals surface area contributed by atoms with Gasteiger partial charge in [0.05, 0.1) is 20.3 Å². The predicted molar refractivity (Wildman–Crippen MR) is 147 cm³/mol. The summed E-state index contributed by atoms with van der Waals surface area (Å²) in [4.78, 5) is 48.9. The van der Waals surface area contributed by atoms with Crippen molar-refractivity contribution in [2.45, 2.75) is 91.7 Å². The zero-order chi connectivity index (χ0) is 29.9. The highest BCUT2D eigenvalue weighted by molar-refractivity contribution is 5.76. The van der Waals surface area contributed by atoms with E-state index in [1.54, 1.807) is 13.0 Å². The van der Waals surface area contributed by atoms with Crippen LogP contribution in [0, 0.1) is 5.92 Å². The zero-order valence-corrected chi connectivity index (χ0v) is 24.6. The van der Waals surface area contributed by atoms with Gasteiger partial charge in [0, 0.05) is 13.0 Å². The molecule has 0 spiro atoms. The van der Waals surface area contributed by atoms with Gasteiger partial charge in [0.2, 0.25) is 0 Å². The van der Waals surface area contributed by atoms with Gasteiger partial charge in [0.25, 0.3) is 0 Å². The Morgan fingerprint density at radius 1 is 0.875 bits per heavy atom. The molecular formula is C29H45NO10. The molecule has 0 saturated carbocycles. The van der Waals surface area contributed by atoms with Gasteiger partial charge in [0.15, 0.2) is 11.5 Å². The molecule has 0 amide bonds. The fourth-order valence-electron chi connectivity index (χ4n) is 3.35. The number of benzene rings is 1. The molecule has 11 nitrogen and oxygen atoms in total. The lowest BCUT2D eigenvalue weighted by Gasteiger charge is -2.21. The van der Waals surface area contributed by atoms with Crippen molar-refractivity contribution in [2.75, 3.05) is 26.9 Å². The SMILES string of the molecule is CCCCOC(=O)Oc1ccc(C[C@H](NCC(C)OC(=O)CC(C)CC)C(=O)OC)cc1OC(=O)OCCCC. The largest absolute Gasteiger partial charge is 0.513 e. The van der Waals surface area contributed by atoms with E-state index in [1.165, 1.54) is 19.2 Å². The molecule has 0 aliphatic carbocycles. The normalized spacial score (nSPS) is 12.9. The molecule has 11 heteroatoms. The fourth-order valence-corrected chi connectivity index (χ4v) is 3.35. The average molecular weight is 568 g/mol. The van der Waals surface area contributed by atoms with E-state index in [0.717, 1.165) is 19.3 Å². The van der Waals surface area contributed by atoms with Gasteiger partial charge in [-0.3, -0.25) is 9.59 Å². The summed E-state index contributed by atoms with van der Waals surface area (Å²) >= 11 is 0. The molecular weight excluding hydrogens is 522 g/mol. The molecule has 0 saturated heterocycles.